The summed E-state index contributed by atoms with van der Waals surface area (Å²) in [5.74, 6) is -0.0805. The Balaban J connectivity index is 1.56. The molecule has 2 unspecified atom stereocenters. The molecule has 1 aliphatic heterocycles. The van der Waals surface area contributed by atoms with Crippen LogP contribution in [0, 0.1) is 17.8 Å². The van der Waals surface area contributed by atoms with Gasteiger partial charge in [0.05, 0.1) is 13.0 Å². The molecule has 0 aromatic heterocycles. The van der Waals surface area contributed by atoms with Gasteiger partial charge in [0, 0.05) is 31.0 Å². The topological polar surface area (TPSA) is 75.7 Å². The first-order chi connectivity index (χ1) is 13.6. The second-order valence-corrected chi connectivity index (χ2v) is 8.86. The van der Waals surface area contributed by atoms with Gasteiger partial charge >= 0.3 is 5.97 Å². The minimum Gasteiger partial charge on any atom is -0.469 e. The van der Waals surface area contributed by atoms with Gasteiger partial charge in [-0.2, -0.15) is 0 Å². The first-order valence-electron chi connectivity index (χ1n) is 11.0. The van der Waals surface area contributed by atoms with E-state index in [-0.39, 0.29) is 41.3 Å². The molecule has 0 aromatic carbocycles. The number of rotatable bonds is 4. The maximum atomic E-state index is 13.4. The quantitative estimate of drug-likeness (QED) is 0.746. The Morgan fingerprint density at radius 2 is 1.50 bits per heavy atom. The number of ketones is 2. The highest BCUT2D eigenvalue weighted by molar-refractivity contribution is 6.13. The van der Waals surface area contributed by atoms with Crippen molar-refractivity contribution in [2.45, 2.75) is 70.3 Å². The van der Waals surface area contributed by atoms with E-state index in [0.29, 0.717) is 11.4 Å². The number of hydrogen-bond acceptors (Lipinski definition) is 6. The SMILES string of the molecule is COC(=O)C1CCC(NC2=C(N3CCCC3)C(=O)C3CCCCC3C2=O)CC1. The minimum atomic E-state index is -0.137. The molecule has 3 fully saturated rings. The van der Waals surface area contributed by atoms with E-state index in [1.165, 1.54) is 7.11 Å². The third-order valence-corrected chi connectivity index (χ3v) is 7.19. The van der Waals surface area contributed by atoms with Crippen molar-refractivity contribution in [1.29, 1.82) is 0 Å². The van der Waals surface area contributed by atoms with Crippen LogP contribution in [0.4, 0.5) is 0 Å². The number of likely N-dealkylation sites (tertiary alicyclic amines) is 1. The Kier molecular flexibility index (Phi) is 5.74. The van der Waals surface area contributed by atoms with Gasteiger partial charge in [0.1, 0.15) is 11.4 Å². The zero-order chi connectivity index (χ0) is 19.7. The van der Waals surface area contributed by atoms with E-state index in [1.807, 2.05) is 0 Å². The summed E-state index contributed by atoms with van der Waals surface area (Å²) in [6, 6.07) is 0.144. The smallest absolute Gasteiger partial charge is 0.308 e. The third kappa shape index (κ3) is 3.58. The molecule has 4 rings (SSSR count). The van der Waals surface area contributed by atoms with Crippen molar-refractivity contribution in [1.82, 2.24) is 10.2 Å². The number of Topliss-reactive ketones (excluding diaryl/α,β-unsaturated/α-hetero) is 2. The van der Waals surface area contributed by atoms with Crippen molar-refractivity contribution in [2.75, 3.05) is 20.2 Å². The second kappa shape index (κ2) is 8.26. The molecule has 1 N–H and O–H groups in total. The summed E-state index contributed by atoms with van der Waals surface area (Å²) >= 11 is 0. The van der Waals surface area contributed by atoms with Crippen molar-refractivity contribution < 1.29 is 19.1 Å². The molecule has 6 nitrogen and oxygen atoms in total. The van der Waals surface area contributed by atoms with Crippen LogP contribution < -0.4 is 5.32 Å². The van der Waals surface area contributed by atoms with Crippen LogP contribution in [0.2, 0.25) is 0 Å². The lowest BCUT2D eigenvalue weighted by atomic mass is 9.69. The highest BCUT2D eigenvalue weighted by Crippen LogP contribution is 2.40. The van der Waals surface area contributed by atoms with Gasteiger partial charge in [-0.3, -0.25) is 14.4 Å². The van der Waals surface area contributed by atoms with Crippen LogP contribution in [0.5, 0.6) is 0 Å². The Hall–Kier alpha value is -1.85. The van der Waals surface area contributed by atoms with Crippen molar-refractivity contribution >= 4 is 17.5 Å². The molecule has 3 aliphatic carbocycles. The standard InChI is InChI=1S/C22H32N2O4/c1-28-22(27)14-8-10-15(11-9-14)23-18-19(24-12-4-5-13-24)21(26)17-7-3-2-6-16(17)20(18)25/h14-17,23H,2-13H2,1H3. The van der Waals surface area contributed by atoms with Crippen LogP contribution >= 0.6 is 0 Å². The monoisotopic (exact) mass is 388 g/mol. The fraction of sp³-hybridized carbons (Fsp3) is 0.773. The summed E-state index contributed by atoms with van der Waals surface area (Å²) < 4.78 is 4.88. The lowest BCUT2D eigenvalue weighted by molar-refractivity contribution is -0.146. The van der Waals surface area contributed by atoms with E-state index in [4.69, 9.17) is 4.74 Å². The lowest BCUT2D eigenvalue weighted by Gasteiger charge is -2.39. The number of nitrogens with zero attached hydrogens (tertiary/aromatic N) is 1. The van der Waals surface area contributed by atoms with Crippen LogP contribution in [-0.2, 0) is 19.1 Å². The molecular weight excluding hydrogens is 356 g/mol. The van der Waals surface area contributed by atoms with Crippen molar-refractivity contribution in [2.24, 2.45) is 17.8 Å². The predicted octanol–water partition coefficient (Wildman–Crippen LogP) is 2.57. The summed E-state index contributed by atoms with van der Waals surface area (Å²) in [4.78, 5) is 40.7. The van der Waals surface area contributed by atoms with E-state index < -0.39 is 0 Å². The largest absolute Gasteiger partial charge is 0.469 e. The fourth-order valence-corrected chi connectivity index (χ4v) is 5.60. The number of esters is 1. The van der Waals surface area contributed by atoms with Crippen LogP contribution in [-0.4, -0.2) is 48.7 Å². The van der Waals surface area contributed by atoms with E-state index in [9.17, 15) is 14.4 Å². The zero-order valence-corrected chi connectivity index (χ0v) is 16.9. The molecule has 2 saturated carbocycles. The molecule has 0 bridgehead atoms. The molecule has 0 amide bonds. The van der Waals surface area contributed by atoms with Gasteiger partial charge in [0.2, 0.25) is 0 Å². The van der Waals surface area contributed by atoms with E-state index in [0.717, 1.165) is 77.3 Å². The molecule has 4 aliphatic rings. The van der Waals surface area contributed by atoms with Crippen molar-refractivity contribution in [3.63, 3.8) is 0 Å². The van der Waals surface area contributed by atoms with E-state index in [2.05, 4.69) is 10.2 Å². The molecule has 28 heavy (non-hydrogen) atoms. The summed E-state index contributed by atoms with van der Waals surface area (Å²) in [5.41, 5.74) is 1.25. The van der Waals surface area contributed by atoms with Crippen molar-refractivity contribution in [3.8, 4) is 0 Å². The molecular formula is C22H32N2O4. The lowest BCUT2D eigenvalue weighted by Crippen LogP contribution is -2.49. The van der Waals surface area contributed by atoms with E-state index in [1.54, 1.807) is 0 Å². The van der Waals surface area contributed by atoms with Gasteiger partial charge in [-0.1, -0.05) is 12.8 Å². The molecule has 0 spiro atoms. The van der Waals surface area contributed by atoms with E-state index >= 15 is 0 Å². The Morgan fingerprint density at radius 1 is 0.893 bits per heavy atom. The third-order valence-electron chi connectivity index (χ3n) is 7.19. The number of fused-ring (bicyclic) bond motifs is 1. The fourth-order valence-electron chi connectivity index (χ4n) is 5.60. The number of allylic oxidation sites excluding steroid dienone is 2. The van der Waals surface area contributed by atoms with Gasteiger partial charge in [0.15, 0.2) is 11.6 Å². The highest BCUT2D eigenvalue weighted by Gasteiger charge is 2.46. The zero-order valence-electron chi connectivity index (χ0n) is 16.9. The molecule has 1 heterocycles. The molecule has 2 atom stereocenters. The van der Waals surface area contributed by atoms with Gasteiger partial charge in [-0.05, 0) is 51.4 Å². The van der Waals surface area contributed by atoms with Gasteiger partial charge < -0.3 is 15.0 Å². The van der Waals surface area contributed by atoms with Gasteiger partial charge in [-0.25, -0.2) is 0 Å². The molecule has 6 heteroatoms. The summed E-state index contributed by atoms with van der Waals surface area (Å²) in [6.07, 6.45) is 9.12. The maximum Gasteiger partial charge on any atom is 0.308 e. The van der Waals surface area contributed by atoms with Gasteiger partial charge in [-0.15, -0.1) is 0 Å². The summed E-state index contributed by atoms with van der Waals surface area (Å²) in [6.45, 7) is 1.73. The first-order valence-corrected chi connectivity index (χ1v) is 11.0. The maximum absolute atomic E-state index is 13.4. The average molecular weight is 389 g/mol. The number of ether oxygens (including phenoxy) is 1. The first kappa shape index (κ1) is 19.5. The number of methoxy groups -OCH3 is 1. The molecule has 1 saturated heterocycles. The Labute approximate surface area is 167 Å². The van der Waals surface area contributed by atoms with Crippen LogP contribution in [0.25, 0.3) is 0 Å². The van der Waals surface area contributed by atoms with Crippen LogP contribution in [0.3, 0.4) is 0 Å². The number of carbonyl (C=O) groups excluding carboxylic acids is 3. The normalized spacial score (nSPS) is 33.7. The summed E-state index contributed by atoms with van der Waals surface area (Å²) in [7, 11) is 1.44. The molecule has 0 aromatic rings. The van der Waals surface area contributed by atoms with Crippen molar-refractivity contribution in [3.05, 3.63) is 11.4 Å². The number of carbonyl (C=O) groups is 3. The molecule has 0 radical (unpaired) electrons. The Bertz CT molecular complexity index is 672. The predicted molar refractivity (Wildman–Crippen MR) is 104 cm³/mol. The minimum absolute atomic E-state index is 0.0403. The number of nitrogens with one attached hydrogen (secondary N) is 1. The molecule has 154 valence electrons. The second-order valence-electron chi connectivity index (χ2n) is 8.86. The van der Waals surface area contributed by atoms with Crippen LogP contribution in [0.15, 0.2) is 11.4 Å². The van der Waals surface area contributed by atoms with Gasteiger partial charge in [0.25, 0.3) is 0 Å². The summed E-state index contributed by atoms with van der Waals surface area (Å²) in [5, 5.41) is 3.49. The van der Waals surface area contributed by atoms with Crippen LogP contribution in [0.1, 0.15) is 64.2 Å². The Morgan fingerprint density at radius 3 is 2.11 bits per heavy atom. The number of hydrogen-bond donors (Lipinski definition) is 1. The highest BCUT2D eigenvalue weighted by atomic mass is 16.5. The average Bonchev–Trinajstić information content (AvgIpc) is 3.26.